The van der Waals surface area contributed by atoms with Gasteiger partial charge in [-0.15, -0.1) is 0 Å². The average molecular weight is 276 g/mol. The molecule has 0 saturated heterocycles. The highest BCUT2D eigenvalue weighted by Gasteiger charge is 2.34. The van der Waals surface area contributed by atoms with Crippen LogP contribution in [0.15, 0.2) is 18.2 Å². The second kappa shape index (κ2) is 5.70. The summed E-state index contributed by atoms with van der Waals surface area (Å²) in [6, 6.07) is 5.70. The molecule has 1 aliphatic carbocycles. The van der Waals surface area contributed by atoms with Crippen LogP contribution in [0, 0.1) is 29.0 Å². The molecule has 6 heteroatoms. The Labute approximate surface area is 115 Å². The molecule has 1 aromatic rings. The number of hydrogen-bond acceptors (Lipinski definition) is 3. The highest BCUT2D eigenvalue weighted by molar-refractivity contribution is 5.94. The van der Waals surface area contributed by atoms with Crippen LogP contribution in [0.5, 0.6) is 0 Å². The molecule has 1 aliphatic rings. The van der Waals surface area contributed by atoms with E-state index in [0.29, 0.717) is 12.8 Å². The first kappa shape index (κ1) is 14.0. The lowest BCUT2D eigenvalue weighted by Gasteiger charge is -2.12. The fraction of sp³-hybridized carbons (Fsp3) is 0.357. The average Bonchev–Trinajstić information content (AvgIpc) is 2.89. The lowest BCUT2D eigenvalue weighted by Crippen LogP contribution is -2.22. The lowest BCUT2D eigenvalue weighted by molar-refractivity contribution is -0.141. The number of rotatable bonds is 3. The van der Waals surface area contributed by atoms with Gasteiger partial charge in [-0.05, 0) is 31.4 Å². The molecule has 1 aromatic carbocycles. The largest absolute Gasteiger partial charge is 0.481 e. The van der Waals surface area contributed by atoms with Crippen LogP contribution in [0.25, 0.3) is 0 Å². The lowest BCUT2D eigenvalue weighted by atomic mass is 10.0. The first-order valence-corrected chi connectivity index (χ1v) is 6.25. The third kappa shape index (κ3) is 2.77. The van der Waals surface area contributed by atoms with Crippen molar-refractivity contribution in [1.82, 2.24) is 0 Å². The molecule has 2 atom stereocenters. The van der Waals surface area contributed by atoms with Gasteiger partial charge in [0.2, 0.25) is 5.91 Å². The molecule has 1 amide bonds. The van der Waals surface area contributed by atoms with E-state index >= 15 is 0 Å². The molecule has 2 rings (SSSR count). The van der Waals surface area contributed by atoms with Gasteiger partial charge in [0.15, 0.2) is 0 Å². The van der Waals surface area contributed by atoms with Crippen molar-refractivity contribution < 1.29 is 19.1 Å². The van der Waals surface area contributed by atoms with Crippen LogP contribution in [-0.4, -0.2) is 17.0 Å². The minimum Gasteiger partial charge on any atom is -0.481 e. The monoisotopic (exact) mass is 276 g/mol. The van der Waals surface area contributed by atoms with Gasteiger partial charge >= 0.3 is 5.97 Å². The van der Waals surface area contributed by atoms with E-state index in [1.165, 1.54) is 12.1 Å². The van der Waals surface area contributed by atoms with E-state index in [-0.39, 0.29) is 23.6 Å². The van der Waals surface area contributed by atoms with Crippen LogP contribution in [0.3, 0.4) is 0 Å². The Balaban J connectivity index is 2.08. The van der Waals surface area contributed by atoms with Crippen LogP contribution < -0.4 is 5.32 Å². The van der Waals surface area contributed by atoms with Crippen molar-refractivity contribution in [3.05, 3.63) is 29.6 Å². The minimum atomic E-state index is -0.899. The molecule has 2 N–H and O–H groups in total. The van der Waals surface area contributed by atoms with E-state index in [9.17, 15) is 14.0 Å². The first-order valence-electron chi connectivity index (χ1n) is 6.25. The SMILES string of the molecule is N#Cc1c(F)cccc1NC(=O)C1CCC(C(=O)O)C1. The van der Waals surface area contributed by atoms with Crippen molar-refractivity contribution in [2.75, 3.05) is 5.32 Å². The summed E-state index contributed by atoms with van der Waals surface area (Å²) in [7, 11) is 0. The number of benzene rings is 1. The second-order valence-electron chi connectivity index (χ2n) is 4.81. The number of nitrogens with one attached hydrogen (secondary N) is 1. The molecular formula is C14H13FN2O3. The maximum absolute atomic E-state index is 13.4. The molecule has 0 heterocycles. The van der Waals surface area contributed by atoms with Gasteiger partial charge in [0.25, 0.3) is 0 Å². The van der Waals surface area contributed by atoms with Gasteiger partial charge in [-0.1, -0.05) is 6.07 Å². The van der Waals surface area contributed by atoms with Crippen LogP contribution in [0.1, 0.15) is 24.8 Å². The standard InChI is InChI=1S/C14H13FN2O3/c15-11-2-1-3-12(10(11)7-16)17-13(18)8-4-5-9(6-8)14(19)20/h1-3,8-9H,4-6H2,(H,17,18)(H,19,20). The highest BCUT2D eigenvalue weighted by atomic mass is 19.1. The Hall–Kier alpha value is -2.42. The molecule has 0 spiro atoms. The number of carbonyl (C=O) groups is 2. The van der Waals surface area contributed by atoms with E-state index in [4.69, 9.17) is 10.4 Å². The van der Waals surface area contributed by atoms with Gasteiger partial charge in [-0.25, -0.2) is 4.39 Å². The van der Waals surface area contributed by atoms with Gasteiger partial charge in [0.05, 0.1) is 11.6 Å². The summed E-state index contributed by atoms with van der Waals surface area (Å²) in [5.41, 5.74) is -0.0927. The number of hydrogen-bond donors (Lipinski definition) is 2. The third-order valence-electron chi connectivity index (χ3n) is 3.54. The van der Waals surface area contributed by atoms with Crippen molar-refractivity contribution in [1.29, 1.82) is 5.26 Å². The number of nitriles is 1. The van der Waals surface area contributed by atoms with Crippen molar-refractivity contribution in [3.8, 4) is 6.07 Å². The molecule has 0 aromatic heterocycles. The predicted octanol–water partition coefficient (Wildman–Crippen LogP) is 2.14. The Morgan fingerprint density at radius 3 is 2.65 bits per heavy atom. The number of anilines is 1. The number of carbonyl (C=O) groups excluding carboxylic acids is 1. The smallest absolute Gasteiger partial charge is 0.306 e. The fourth-order valence-corrected chi connectivity index (χ4v) is 2.42. The maximum atomic E-state index is 13.4. The maximum Gasteiger partial charge on any atom is 0.306 e. The molecule has 0 radical (unpaired) electrons. The number of nitrogens with zero attached hydrogens (tertiary/aromatic N) is 1. The molecule has 20 heavy (non-hydrogen) atoms. The van der Waals surface area contributed by atoms with Gasteiger partial charge in [-0.3, -0.25) is 9.59 Å². The van der Waals surface area contributed by atoms with E-state index in [0.717, 1.165) is 6.07 Å². The Morgan fingerprint density at radius 1 is 1.35 bits per heavy atom. The summed E-state index contributed by atoms with van der Waals surface area (Å²) in [5.74, 6) is -2.88. The Kier molecular flexibility index (Phi) is 3.99. The number of aliphatic carboxylic acids is 1. The molecular weight excluding hydrogens is 263 g/mol. The zero-order valence-corrected chi connectivity index (χ0v) is 10.6. The van der Waals surface area contributed by atoms with Gasteiger partial charge < -0.3 is 10.4 Å². The van der Waals surface area contributed by atoms with Crippen LogP contribution in [0.2, 0.25) is 0 Å². The summed E-state index contributed by atoms with van der Waals surface area (Å²) in [6.07, 6.45) is 1.22. The van der Waals surface area contributed by atoms with Crippen molar-refractivity contribution in [3.63, 3.8) is 0 Å². The molecule has 0 bridgehead atoms. The third-order valence-corrected chi connectivity index (χ3v) is 3.54. The van der Waals surface area contributed by atoms with E-state index < -0.39 is 23.6 Å². The van der Waals surface area contributed by atoms with Gasteiger partial charge in [0.1, 0.15) is 17.4 Å². The van der Waals surface area contributed by atoms with E-state index in [1.54, 1.807) is 6.07 Å². The van der Waals surface area contributed by atoms with Gasteiger partial charge in [-0.2, -0.15) is 5.26 Å². The highest BCUT2D eigenvalue weighted by Crippen LogP contribution is 2.32. The number of halogens is 1. The number of carboxylic acid groups (broad SMARTS) is 1. The molecule has 5 nitrogen and oxygen atoms in total. The summed E-state index contributed by atoms with van der Waals surface area (Å²) >= 11 is 0. The van der Waals surface area contributed by atoms with Crippen molar-refractivity contribution in [2.45, 2.75) is 19.3 Å². The molecule has 0 aliphatic heterocycles. The van der Waals surface area contributed by atoms with Crippen LogP contribution in [-0.2, 0) is 9.59 Å². The summed E-state index contributed by atoms with van der Waals surface area (Å²) in [6.45, 7) is 0. The summed E-state index contributed by atoms with van der Waals surface area (Å²) < 4.78 is 13.4. The zero-order chi connectivity index (χ0) is 14.7. The summed E-state index contributed by atoms with van der Waals surface area (Å²) in [5, 5.41) is 20.3. The van der Waals surface area contributed by atoms with Crippen LogP contribution >= 0.6 is 0 Å². The molecule has 1 saturated carbocycles. The van der Waals surface area contributed by atoms with Crippen molar-refractivity contribution >= 4 is 17.6 Å². The van der Waals surface area contributed by atoms with E-state index in [1.807, 2.05) is 0 Å². The minimum absolute atomic E-state index is 0.122. The fourth-order valence-electron chi connectivity index (χ4n) is 2.42. The van der Waals surface area contributed by atoms with Gasteiger partial charge in [0, 0.05) is 5.92 Å². The molecule has 1 fully saturated rings. The predicted molar refractivity (Wildman–Crippen MR) is 68.2 cm³/mol. The quantitative estimate of drug-likeness (QED) is 0.884. The second-order valence-corrected chi connectivity index (χ2v) is 4.81. The number of carboxylic acids is 1. The van der Waals surface area contributed by atoms with Crippen molar-refractivity contribution in [2.24, 2.45) is 11.8 Å². The zero-order valence-electron chi connectivity index (χ0n) is 10.6. The van der Waals surface area contributed by atoms with E-state index in [2.05, 4.69) is 5.32 Å². The molecule has 104 valence electrons. The summed E-state index contributed by atoms with van der Waals surface area (Å²) in [4.78, 5) is 22.9. The first-order chi connectivity index (χ1) is 9.52. The topological polar surface area (TPSA) is 90.2 Å². The normalized spacial score (nSPS) is 21.2. The number of amides is 1. The Bertz CT molecular complexity index is 595. The van der Waals surface area contributed by atoms with Crippen LogP contribution in [0.4, 0.5) is 10.1 Å². The Morgan fingerprint density at radius 2 is 2.05 bits per heavy atom. The molecule has 2 unspecified atom stereocenters.